The number of hydrogen-bond acceptors (Lipinski definition) is 5. The first-order valence-electron chi connectivity index (χ1n) is 6.14. The average Bonchev–Trinajstić information content (AvgIpc) is 3.11. The summed E-state index contributed by atoms with van der Waals surface area (Å²) < 4.78 is 7.02. The lowest BCUT2D eigenvalue weighted by Crippen LogP contribution is -2.53. The van der Waals surface area contributed by atoms with Gasteiger partial charge in [0.05, 0.1) is 6.61 Å². The van der Waals surface area contributed by atoms with Crippen LogP contribution in [0.5, 0.6) is 0 Å². The second-order valence-electron chi connectivity index (χ2n) is 4.64. The molecular formula is C12H19N3O2S. The van der Waals surface area contributed by atoms with Gasteiger partial charge in [0, 0.05) is 25.2 Å². The monoisotopic (exact) mass is 269 g/mol. The lowest BCUT2D eigenvalue weighted by atomic mass is 9.97. The van der Waals surface area contributed by atoms with Crippen LogP contribution in [-0.4, -0.2) is 33.4 Å². The molecule has 0 aromatic carbocycles. The zero-order valence-corrected chi connectivity index (χ0v) is 11.6. The van der Waals surface area contributed by atoms with Crippen LogP contribution in [0.3, 0.4) is 0 Å². The van der Waals surface area contributed by atoms with E-state index >= 15 is 0 Å². The molecule has 0 saturated heterocycles. The maximum atomic E-state index is 12.0. The standard InChI is InChI=1S/C12H19N3O2S/c1-3-17-10(16)12(13,9-4-5-9)8-18-11-14-6-7-15(11)2/h6-7,9H,3-5,8,13H2,1-2H3. The van der Waals surface area contributed by atoms with Crippen molar-refractivity contribution in [1.29, 1.82) is 0 Å². The molecule has 1 fully saturated rings. The topological polar surface area (TPSA) is 70.1 Å². The summed E-state index contributed by atoms with van der Waals surface area (Å²) in [4.78, 5) is 16.2. The van der Waals surface area contributed by atoms with Crippen molar-refractivity contribution in [3.63, 3.8) is 0 Å². The minimum Gasteiger partial charge on any atom is -0.465 e. The molecule has 1 heterocycles. The Kier molecular flexibility index (Phi) is 3.97. The number of aromatic nitrogens is 2. The Morgan fingerprint density at radius 3 is 2.94 bits per heavy atom. The third-order valence-corrected chi connectivity index (χ3v) is 4.45. The molecule has 0 amide bonds. The van der Waals surface area contributed by atoms with E-state index in [4.69, 9.17) is 10.5 Å². The van der Waals surface area contributed by atoms with E-state index in [1.807, 2.05) is 17.8 Å². The van der Waals surface area contributed by atoms with Gasteiger partial charge in [-0.25, -0.2) is 4.98 Å². The number of esters is 1. The molecule has 1 unspecified atom stereocenters. The van der Waals surface area contributed by atoms with Gasteiger partial charge in [0.25, 0.3) is 0 Å². The number of aryl methyl sites for hydroxylation is 1. The number of nitrogens with two attached hydrogens (primary N) is 1. The van der Waals surface area contributed by atoms with Crippen molar-refractivity contribution in [2.24, 2.45) is 18.7 Å². The predicted octanol–water partition coefficient (Wildman–Crippen LogP) is 1.18. The lowest BCUT2D eigenvalue weighted by molar-refractivity contribution is -0.149. The van der Waals surface area contributed by atoms with Crippen LogP contribution in [-0.2, 0) is 16.6 Å². The maximum absolute atomic E-state index is 12.0. The fourth-order valence-corrected chi connectivity index (χ4v) is 3.00. The van der Waals surface area contributed by atoms with E-state index in [0.29, 0.717) is 12.4 Å². The first-order valence-corrected chi connectivity index (χ1v) is 7.12. The van der Waals surface area contributed by atoms with E-state index < -0.39 is 5.54 Å². The first-order chi connectivity index (χ1) is 8.58. The van der Waals surface area contributed by atoms with E-state index in [0.717, 1.165) is 18.0 Å². The molecule has 100 valence electrons. The van der Waals surface area contributed by atoms with Crippen LogP contribution >= 0.6 is 11.8 Å². The number of carbonyl (C=O) groups is 1. The molecule has 1 aromatic rings. The summed E-state index contributed by atoms with van der Waals surface area (Å²) in [5.74, 6) is 0.486. The lowest BCUT2D eigenvalue weighted by Gasteiger charge is -2.26. The van der Waals surface area contributed by atoms with Crippen molar-refractivity contribution in [3.05, 3.63) is 12.4 Å². The molecule has 2 N–H and O–H groups in total. The SMILES string of the molecule is CCOC(=O)C(N)(CSc1nccn1C)C1CC1. The van der Waals surface area contributed by atoms with Gasteiger partial charge in [0.2, 0.25) is 0 Å². The zero-order valence-electron chi connectivity index (χ0n) is 10.8. The number of nitrogens with zero attached hydrogens (tertiary/aromatic N) is 2. The number of ether oxygens (including phenoxy) is 1. The molecular weight excluding hydrogens is 250 g/mol. The molecule has 1 atom stereocenters. The molecule has 0 radical (unpaired) electrons. The van der Waals surface area contributed by atoms with Gasteiger partial charge in [-0.15, -0.1) is 0 Å². The van der Waals surface area contributed by atoms with E-state index in [1.165, 1.54) is 11.8 Å². The van der Waals surface area contributed by atoms with Crippen LogP contribution in [0.4, 0.5) is 0 Å². The molecule has 18 heavy (non-hydrogen) atoms. The molecule has 0 bridgehead atoms. The molecule has 0 spiro atoms. The van der Waals surface area contributed by atoms with Crippen LogP contribution < -0.4 is 5.73 Å². The summed E-state index contributed by atoms with van der Waals surface area (Å²) >= 11 is 1.51. The van der Waals surface area contributed by atoms with Crippen LogP contribution in [0.25, 0.3) is 0 Å². The Balaban J connectivity index is 2.02. The van der Waals surface area contributed by atoms with Gasteiger partial charge in [-0.2, -0.15) is 0 Å². The Bertz CT molecular complexity index is 431. The highest BCUT2D eigenvalue weighted by atomic mass is 32.2. The molecule has 2 rings (SSSR count). The second kappa shape index (κ2) is 5.32. The second-order valence-corrected chi connectivity index (χ2v) is 5.59. The summed E-state index contributed by atoms with van der Waals surface area (Å²) in [6, 6.07) is 0. The van der Waals surface area contributed by atoms with Gasteiger partial charge in [0.1, 0.15) is 5.54 Å². The Labute approximate surface area is 111 Å². The van der Waals surface area contributed by atoms with Crippen LogP contribution in [0, 0.1) is 5.92 Å². The third kappa shape index (κ3) is 2.70. The van der Waals surface area contributed by atoms with Crippen molar-refractivity contribution in [3.8, 4) is 0 Å². The number of thioether (sulfide) groups is 1. The normalized spacial score (nSPS) is 18.4. The summed E-state index contributed by atoms with van der Waals surface area (Å²) in [7, 11) is 1.93. The van der Waals surface area contributed by atoms with Crippen molar-refractivity contribution < 1.29 is 9.53 Å². The molecule has 5 nitrogen and oxygen atoms in total. The van der Waals surface area contributed by atoms with Crippen LogP contribution in [0.1, 0.15) is 19.8 Å². The van der Waals surface area contributed by atoms with E-state index in [2.05, 4.69) is 4.98 Å². The molecule has 1 saturated carbocycles. The van der Waals surface area contributed by atoms with E-state index in [1.54, 1.807) is 13.1 Å². The van der Waals surface area contributed by atoms with E-state index in [9.17, 15) is 4.79 Å². The smallest absolute Gasteiger partial charge is 0.327 e. The third-order valence-electron chi connectivity index (χ3n) is 3.18. The van der Waals surface area contributed by atoms with Crippen molar-refractivity contribution >= 4 is 17.7 Å². The largest absolute Gasteiger partial charge is 0.465 e. The minimum absolute atomic E-state index is 0.254. The van der Waals surface area contributed by atoms with Gasteiger partial charge in [0.15, 0.2) is 5.16 Å². The number of carbonyl (C=O) groups excluding carboxylic acids is 1. The van der Waals surface area contributed by atoms with Crippen LogP contribution in [0.15, 0.2) is 17.6 Å². The summed E-state index contributed by atoms with van der Waals surface area (Å²) in [6.07, 6.45) is 5.64. The van der Waals surface area contributed by atoms with E-state index in [-0.39, 0.29) is 11.9 Å². The molecule has 1 aliphatic carbocycles. The number of rotatable bonds is 6. The molecule has 1 aromatic heterocycles. The van der Waals surface area contributed by atoms with Crippen molar-refractivity contribution in [1.82, 2.24) is 9.55 Å². The quantitative estimate of drug-likeness (QED) is 0.620. The van der Waals surface area contributed by atoms with Gasteiger partial charge in [-0.05, 0) is 25.7 Å². The highest BCUT2D eigenvalue weighted by Gasteiger charge is 2.49. The Hall–Kier alpha value is -1.01. The summed E-state index contributed by atoms with van der Waals surface area (Å²) in [5, 5.41) is 0.870. The zero-order chi connectivity index (χ0) is 13.2. The highest BCUT2D eigenvalue weighted by molar-refractivity contribution is 7.99. The fraction of sp³-hybridized carbons (Fsp3) is 0.667. The summed E-state index contributed by atoms with van der Waals surface area (Å²) in [5.41, 5.74) is 5.40. The molecule has 0 aliphatic heterocycles. The van der Waals surface area contributed by atoms with Gasteiger partial charge in [-0.1, -0.05) is 11.8 Å². The van der Waals surface area contributed by atoms with Gasteiger partial charge < -0.3 is 15.0 Å². The fourth-order valence-electron chi connectivity index (χ4n) is 1.88. The number of hydrogen-bond donors (Lipinski definition) is 1. The summed E-state index contributed by atoms with van der Waals surface area (Å²) in [6.45, 7) is 2.18. The Morgan fingerprint density at radius 1 is 1.72 bits per heavy atom. The van der Waals surface area contributed by atoms with Crippen molar-refractivity contribution in [2.75, 3.05) is 12.4 Å². The number of imidazole rings is 1. The maximum Gasteiger partial charge on any atom is 0.327 e. The first kappa shape index (κ1) is 13.4. The van der Waals surface area contributed by atoms with Gasteiger partial charge >= 0.3 is 5.97 Å². The minimum atomic E-state index is -0.868. The molecule has 6 heteroatoms. The van der Waals surface area contributed by atoms with Crippen LogP contribution in [0.2, 0.25) is 0 Å². The predicted molar refractivity (Wildman–Crippen MR) is 70.2 cm³/mol. The average molecular weight is 269 g/mol. The van der Waals surface area contributed by atoms with Crippen molar-refractivity contribution in [2.45, 2.75) is 30.5 Å². The van der Waals surface area contributed by atoms with Gasteiger partial charge in [-0.3, -0.25) is 4.79 Å². The highest BCUT2D eigenvalue weighted by Crippen LogP contribution is 2.41. The Morgan fingerprint density at radius 2 is 2.44 bits per heavy atom. The molecule has 1 aliphatic rings.